The van der Waals surface area contributed by atoms with Gasteiger partial charge in [-0.2, -0.15) is 4.68 Å². The van der Waals surface area contributed by atoms with E-state index in [-0.39, 0.29) is 11.9 Å². The maximum Gasteiger partial charge on any atom is 0.243 e. The highest BCUT2D eigenvalue weighted by Crippen LogP contribution is 2.25. The van der Waals surface area contributed by atoms with Crippen LogP contribution in [-0.4, -0.2) is 38.7 Å². The minimum atomic E-state index is -0.154. The number of tetrazole rings is 1. The fourth-order valence-electron chi connectivity index (χ4n) is 3.34. The third-order valence-corrected chi connectivity index (χ3v) is 4.60. The molecule has 1 atom stereocenters. The lowest BCUT2D eigenvalue weighted by molar-refractivity contribution is -0.122. The standard InChI is InChI=1S/C19H20N6O/c26-19(17-12-7-13-24(17)15-8-3-1-4-9-15)20-14-18-21-22-23-25(18)16-10-5-2-6-11-16/h1-6,8-11,17H,7,12-14H2,(H,20,26). The third kappa shape index (κ3) is 3.28. The monoisotopic (exact) mass is 348 g/mol. The third-order valence-electron chi connectivity index (χ3n) is 4.60. The summed E-state index contributed by atoms with van der Waals surface area (Å²) in [6.45, 7) is 1.18. The van der Waals surface area contributed by atoms with Crippen molar-refractivity contribution in [3.05, 3.63) is 66.5 Å². The fraction of sp³-hybridized carbons (Fsp3) is 0.263. The van der Waals surface area contributed by atoms with E-state index in [0.29, 0.717) is 12.4 Å². The van der Waals surface area contributed by atoms with Gasteiger partial charge in [-0.1, -0.05) is 36.4 Å². The summed E-state index contributed by atoms with van der Waals surface area (Å²) in [6, 6.07) is 19.6. The molecule has 0 spiro atoms. The van der Waals surface area contributed by atoms with Crippen molar-refractivity contribution in [1.82, 2.24) is 25.5 Å². The first-order valence-electron chi connectivity index (χ1n) is 8.75. The summed E-state index contributed by atoms with van der Waals surface area (Å²) in [4.78, 5) is 14.9. The zero-order valence-corrected chi connectivity index (χ0v) is 14.3. The Morgan fingerprint density at radius 1 is 1.04 bits per heavy atom. The van der Waals surface area contributed by atoms with E-state index in [1.807, 2.05) is 60.7 Å². The van der Waals surface area contributed by atoms with Crippen molar-refractivity contribution >= 4 is 11.6 Å². The van der Waals surface area contributed by atoms with Crippen LogP contribution in [0.3, 0.4) is 0 Å². The van der Waals surface area contributed by atoms with Crippen LogP contribution < -0.4 is 10.2 Å². The van der Waals surface area contributed by atoms with Gasteiger partial charge in [0.2, 0.25) is 5.91 Å². The van der Waals surface area contributed by atoms with Gasteiger partial charge in [-0.25, -0.2) is 0 Å². The van der Waals surface area contributed by atoms with E-state index >= 15 is 0 Å². The number of para-hydroxylation sites is 2. The molecule has 2 heterocycles. The summed E-state index contributed by atoms with van der Waals surface area (Å²) in [5.74, 6) is 0.614. The van der Waals surface area contributed by atoms with Gasteiger partial charge in [0.1, 0.15) is 6.04 Å². The molecule has 7 heteroatoms. The van der Waals surface area contributed by atoms with Crippen LogP contribution in [0.15, 0.2) is 60.7 Å². The van der Waals surface area contributed by atoms with Crippen LogP contribution in [-0.2, 0) is 11.3 Å². The molecule has 1 unspecified atom stereocenters. The number of nitrogens with one attached hydrogen (secondary N) is 1. The van der Waals surface area contributed by atoms with E-state index in [9.17, 15) is 4.79 Å². The van der Waals surface area contributed by atoms with Gasteiger partial charge in [0.05, 0.1) is 12.2 Å². The molecule has 0 bridgehead atoms. The number of benzene rings is 2. The Morgan fingerprint density at radius 2 is 1.73 bits per heavy atom. The number of carbonyl (C=O) groups excluding carboxylic acids is 1. The van der Waals surface area contributed by atoms with Crippen molar-refractivity contribution in [2.75, 3.05) is 11.4 Å². The number of nitrogens with zero attached hydrogens (tertiary/aromatic N) is 5. The van der Waals surface area contributed by atoms with Gasteiger partial charge in [0, 0.05) is 12.2 Å². The van der Waals surface area contributed by atoms with Crippen molar-refractivity contribution in [3.63, 3.8) is 0 Å². The number of amides is 1. The van der Waals surface area contributed by atoms with E-state index in [2.05, 4.69) is 25.7 Å². The van der Waals surface area contributed by atoms with Crippen molar-refractivity contribution in [3.8, 4) is 5.69 Å². The molecule has 26 heavy (non-hydrogen) atoms. The Hall–Kier alpha value is -3.22. The van der Waals surface area contributed by atoms with E-state index < -0.39 is 0 Å². The summed E-state index contributed by atoms with van der Waals surface area (Å²) in [7, 11) is 0. The second kappa shape index (κ2) is 7.35. The highest BCUT2D eigenvalue weighted by molar-refractivity contribution is 5.85. The zero-order chi connectivity index (χ0) is 17.8. The molecule has 132 valence electrons. The number of carbonyl (C=O) groups is 1. The minimum Gasteiger partial charge on any atom is -0.360 e. The lowest BCUT2D eigenvalue weighted by Gasteiger charge is -2.25. The summed E-state index contributed by atoms with van der Waals surface area (Å²) >= 11 is 0. The highest BCUT2D eigenvalue weighted by atomic mass is 16.2. The molecule has 4 rings (SSSR count). The molecule has 0 saturated carbocycles. The minimum absolute atomic E-state index is 0.00830. The highest BCUT2D eigenvalue weighted by Gasteiger charge is 2.30. The van der Waals surface area contributed by atoms with Gasteiger partial charge < -0.3 is 10.2 Å². The van der Waals surface area contributed by atoms with Crippen LogP contribution in [0.1, 0.15) is 18.7 Å². The second-order valence-electron chi connectivity index (χ2n) is 6.25. The Bertz CT molecular complexity index is 864. The van der Waals surface area contributed by atoms with Gasteiger partial charge >= 0.3 is 0 Å². The normalized spacial score (nSPS) is 16.6. The SMILES string of the molecule is O=C(NCc1nnnn1-c1ccccc1)C1CCCN1c1ccccc1. The molecule has 1 aliphatic heterocycles. The Balaban J connectivity index is 1.44. The molecular formula is C19H20N6O. The lowest BCUT2D eigenvalue weighted by atomic mass is 10.2. The Labute approximate surface area is 151 Å². The first-order valence-corrected chi connectivity index (χ1v) is 8.75. The van der Waals surface area contributed by atoms with Crippen molar-refractivity contribution < 1.29 is 4.79 Å². The Morgan fingerprint density at radius 3 is 2.46 bits per heavy atom. The predicted molar refractivity (Wildman–Crippen MR) is 97.8 cm³/mol. The van der Waals surface area contributed by atoms with Crippen molar-refractivity contribution in [2.24, 2.45) is 0 Å². The first kappa shape index (κ1) is 16.3. The van der Waals surface area contributed by atoms with Gasteiger partial charge in [0.25, 0.3) is 0 Å². The number of rotatable bonds is 5. The van der Waals surface area contributed by atoms with Gasteiger partial charge in [-0.3, -0.25) is 4.79 Å². The smallest absolute Gasteiger partial charge is 0.243 e. The van der Waals surface area contributed by atoms with Crippen LogP contribution in [0.4, 0.5) is 5.69 Å². The molecule has 7 nitrogen and oxygen atoms in total. The van der Waals surface area contributed by atoms with Gasteiger partial charge in [0.15, 0.2) is 5.82 Å². The average Bonchev–Trinajstić information content (AvgIpc) is 3.37. The maximum atomic E-state index is 12.7. The fourth-order valence-corrected chi connectivity index (χ4v) is 3.34. The van der Waals surface area contributed by atoms with E-state index in [0.717, 1.165) is 30.8 Å². The molecule has 3 aromatic rings. The summed E-state index contributed by atoms with van der Waals surface area (Å²) < 4.78 is 1.64. The van der Waals surface area contributed by atoms with Crippen molar-refractivity contribution in [2.45, 2.75) is 25.4 Å². The van der Waals surface area contributed by atoms with E-state index in [1.54, 1.807) is 4.68 Å². The summed E-state index contributed by atoms with van der Waals surface area (Å²) in [5.41, 5.74) is 1.95. The van der Waals surface area contributed by atoms with Crippen LogP contribution in [0.25, 0.3) is 5.69 Å². The Kier molecular flexibility index (Phi) is 4.59. The zero-order valence-electron chi connectivity index (χ0n) is 14.3. The lowest BCUT2D eigenvalue weighted by Crippen LogP contribution is -2.43. The van der Waals surface area contributed by atoms with Crippen LogP contribution in [0.5, 0.6) is 0 Å². The van der Waals surface area contributed by atoms with Crippen LogP contribution >= 0.6 is 0 Å². The van der Waals surface area contributed by atoms with Crippen molar-refractivity contribution in [1.29, 1.82) is 0 Å². The molecule has 1 amide bonds. The number of anilines is 1. The second-order valence-corrected chi connectivity index (χ2v) is 6.25. The van der Waals surface area contributed by atoms with E-state index in [1.165, 1.54) is 0 Å². The predicted octanol–water partition coefficient (Wildman–Crippen LogP) is 1.95. The summed E-state index contributed by atoms with van der Waals surface area (Å²) in [6.07, 6.45) is 1.86. The number of hydrogen-bond donors (Lipinski definition) is 1. The molecule has 1 aliphatic rings. The van der Waals surface area contributed by atoms with Gasteiger partial charge in [-0.15, -0.1) is 5.10 Å². The van der Waals surface area contributed by atoms with Crippen LogP contribution in [0, 0.1) is 0 Å². The summed E-state index contributed by atoms with van der Waals surface area (Å²) in [5, 5.41) is 14.8. The molecule has 2 aromatic carbocycles. The average molecular weight is 348 g/mol. The maximum absolute atomic E-state index is 12.7. The van der Waals surface area contributed by atoms with Crippen LogP contribution in [0.2, 0.25) is 0 Å². The molecule has 1 fully saturated rings. The number of aromatic nitrogens is 4. The molecule has 1 saturated heterocycles. The topological polar surface area (TPSA) is 75.9 Å². The van der Waals surface area contributed by atoms with E-state index in [4.69, 9.17) is 0 Å². The molecule has 0 radical (unpaired) electrons. The van der Waals surface area contributed by atoms with Gasteiger partial charge in [-0.05, 0) is 47.5 Å². The number of hydrogen-bond acceptors (Lipinski definition) is 5. The molecule has 0 aliphatic carbocycles. The molecule has 1 aromatic heterocycles. The quantitative estimate of drug-likeness (QED) is 0.763. The molecular weight excluding hydrogens is 328 g/mol. The first-order chi connectivity index (χ1) is 12.8. The molecule has 1 N–H and O–H groups in total. The largest absolute Gasteiger partial charge is 0.360 e.